The Balaban J connectivity index is 2.00. The number of aromatic nitrogens is 2. The molecule has 1 heterocycles. The summed E-state index contributed by atoms with van der Waals surface area (Å²) >= 11 is 0. The van der Waals surface area contributed by atoms with Gasteiger partial charge in [0.25, 0.3) is 5.89 Å². The average molecular weight is 551 g/mol. The number of ether oxygens (including phenoxy) is 2. The Kier molecular flexibility index (Phi) is 6.88. The molecule has 18 heteroatoms. The third-order valence-electron chi connectivity index (χ3n) is 4.08. The van der Waals surface area contributed by atoms with Gasteiger partial charge in [0.2, 0.25) is 15.8 Å². The van der Waals surface area contributed by atoms with Gasteiger partial charge in [-0.2, -0.15) is 31.3 Å². The van der Waals surface area contributed by atoms with Crippen LogP contribution in [0.5, 0.6) is 11.5 Å². The van der Waals surface area contributed by atoms with Crippen LogP contribution in [-0.4, -0.2) is 37.7 Å². The van der Waals surface area contributed by atoms with Crippen LogP contribution >= 0.6 is 0 Å². The van der Waals surface area contributed by atoms with Crippen molar-refractivity contribution in [2.24, 2.45) is 5.14 Å². The molecule has 0 aliphatic carbocycles. The van der Waals surface area contributed by atoms with E-state index in [1.54, 1.807) is 0 Å². The Morgan fingerprint density at radius 3 is 2.08 bits per heavy atom. The quantitative estimate of drug-likeness (QED) is 0.433. The van der Waals surface area contributed by atoms with E-state index in [0.29, 0.717) is 24.3 Å². The third kappa shape index (κ3) is 6.78. The molecule has 0 saturated carbocycles. The summed E-state index contributed by atoms with van der Waals surface area (Å²) in [4.78, 5) is 2.70. The van der Waals surface area contributed by atoms with E-state index in [9.17, 15) is 47.9 Å². The molecule has 0 spiro atoms. The number of alkyl halides is 9. The SMILES string of the molecule is NS(=O)(=O)c1ccc(-c2noc(-c3ccc(OCC(F)(F)F)c(C(F)(F)F)c3)n2)cc1OC(F)(F)F. The van der Waals surface area contributed by atoms with Gasteiger partial charge < -0.3 is 14.0 Å². The maximum absolute atomic E-state index is 13.4. The summed E-state index contributed by atoms with van der Waals surface area (Å²) in [5, 5.41) is 8.27. The van der Waals surface area contributed by atoms with Gasteiger partial charge in [-0.1, -0.05) is 5.16 Å². The second-order valence-electron chi connectivity index (χ2n) is 6.79. The lowest BCUT2D eigenvalue weighted by molar-refractivity contribution is -0.275. The van der Waals surface area contributed by atoms with E-state index in [1.165, 1.54) is 0 Å². The Hall–Kier alpha value is -3.54. The highest BCUT2D eigenvalue weighted by Crippen LogP contribution is 2.40. The second kappa shape index (κ2) is 9.16. The molecule has 1 aromatic heterocycles. The molecule has 0 aliphatic heterocycles. The fourth-order valence-corrected chi connectivity index (χ4v) is 3.35. The number of rotatable bonds is 6. The number of nitrogens with zero attached hydrogens (tertiary/aromatic N) is 2. The van der Waals surface area contributed by atoms with Crippen molar-refractivity contribution >= 4 is 10.0 Å². The first-order valence-electron chi connectivity index (χ1n) is 9.01. The number of primary sulfonamides is 1. The van der Waals surface area contributed by atoms with Crippen LogP contribution in [0, 0.1) is 0 Å². The molecular weight excluding hydrogens is 541 g/mol. The molecule has 8 nitrogen and oxygen atoms in total. The molecule has 0 fully saturated rings. The van der Waals surface area contributed by atoms with Crippen molar-refractivity contribution in [3.05, 3.63) is 42.0 Å². The highest BCUT2D eigenvalue weighted by Gasteiger charge is 2.37. The molecule has 196 valence electrons. The topological polar surface area (TPSA) is 118 Å². The van der Waals surface area contributed by atoms with Crippen molar-refractivity contribution in [2.45, 2.75) is 23.6 Å². The zero-order valence-corrected chi connectivity index (χ0v) is 17.8. The molecule has 2 N–H and O–H groups in total. The van der Waals surface area contributed by atoms with Crippen molar-refractivity contribution < 1.29 is 61.9 Å². The first-order chi connectivity index (χ1) is 16.3. The van der Waals surface area contributed by atoms with Crippen LogP contribution in [0.2, 0.25) is 0 Å². The predicted molar refractivity (Wildman–Crippen MR) is 99.8 cm³/mol. The Labute approximate surface area is 194 Å². The van der Waals surface area contributed by atoms with Crippen LogP contribution in [0.4, 0.5) is 39.5 Å². The molecule has 3 aromatic rings. The zero-order valence-electron chi connectivity index (χ0n) is 17.0. The fourth-order valence-electron chi connectivity index (χ4n) is 2.71. The van der Waals surface area contributed by atoms with Gasteiger partial charge in [-0.25, -0.2) is 13.6 Å². The maximum Gasteiger partial charge on any atom is 0.573 e. The van der Waals surface area contributed by atoms with E-state index in [-0.39, 0.29) is 5.56 Å². The maximum atomic E-state index is 13.4. The molecular formula is C18H10F9N3O5S. The highest BCUT2D eigenvalue weighted by atomic mass is 32.2. The minimum Gasteiger partial charge on any atom is -0.483 e. The largest absolute Gasteiger partial charge is 0.573 e. The van der Waals surface area contributed by atoms with Crippen molar-refractivity contribution in [3.8, 4) is 34.3 Å². The van der Waals surface area contributed by atoms with Gasteiger partial charge in [0.05, 0.1) is 5.56 Å². The van der Waals surface area contributed by atoms with Crippen LogP contribution in [0.1, 0.15) is 5.56 Å². The molecule has 0 bridgehead atoms. The fraction of sp³-hybridized carbons (Fsp3) is 0.222. The molecule has 0 radical (unpaired) electrons. The molecule has 0 aliphatic rings. The lowest BCUT2D eigenvalue weighted by Gasteiger charge is -2.15. The first kappa shape index (κ1) is 27.1. The van der Waals surface area contributed by atoms with Gasteiger partial charge in [-0.15, -0.1) is 13.2 Å². The number of halogens is 9. The molecule has 0 saturated heterocycles. The van der Waals surface area contributed by atoms with Gasteiger partial charge in [0.1, 0.15) is 16.4 Å². The summed E-state index contributed by atoms with van der Waals surface area (Å²) in [7, 11) is -4.66. The molecule has 0 amide bonds. The third-order valence-corrected chi connectivity index (χ3v) is 5.03. The standard InChI is InChI=1S/C18H10F9N3O5S/c19-16(20,21)7-33-11-3-1-9(5-10(11)17(22,23)24)15-29-14(30-35-15)8-2-4-13(36(28,31)32)12(6-8)34-18(25,26)27/h1-6H,7H2,(H2,28,31,32). The summed E-state index contributed by atoms with van der Waals surface area (Å²) in [6, 6.07) is 3.95. The lowest BCUT2D eigenvalue weighted by Crippen LogP contribution is -2.21. The number of nitrogens with two attached hydrogens (primary N) is 1. The van der Waals surface area contributed by atoms with Crippen molar-refractivity contribution in [2.75, 3.05) is 6.61 Å². The minimum atomic E-state index is -5.32. The lowest BCUT2D eigenvalue weighted by atomic mass is 10.1. The molecule has 2 aromatic carbocycles. The Morgan fingerprint density at radius 2 is 1.53 bits per heavy atom. The van der Waals surface area contributed by atoms with Crippen LogP contribution < -0.4 is 14.6 Å². The smallest absolute Gasteiger partial charge is 0.483 e. The van der Waals surface area contributed by atoms with Crippen LogP contribution in [0.15, 0.2) is 45.8 Å². The summed E-state index contributed by atoms with van der Waals surface area (Å²) in [6.07, 6.45) is -15.4. The molecule has 3 rings (SSSR count). The van der Waals surface area contributed by atoms with Gasteiger partial charge in [-0.3, -0.25) is 0 Å². The van der Waals surface area contributed by atoms with Gasteiger partial charge in [0, 0.05) is 11.1 Å². The van der Waals surface area contributed by atoms with Gasteiger partial charge in [0.15, 0.2) is 6.61 Å². The average Bonchev–Trinajstić information content (AvgIpc) is 3.19. The Bertz CT molecular complexity index is 1370. The molecule has 0 atom stereocenters. The van der Waals surface area contributed by atoms with E-state index in [1.807, 2.05) is 0 Å². The second-order valence-corrected chi connectivity index (χ2v) is 8.32. The van der Waals surface area contributed by atoms with E-state index >= 15 is 0 Å². The number of sulfonamides is 1. The highest BCUT2D eigenvalue weighted by molar-refractivity contribution is 7.89. The minimum absolute atomic E-state index is 0.308. The summed E-state index contributed by atoms with van der Waals surface area (Å²) in [5.74, 6) is -3.47. The van der Waals surface area contributed by atoms with E-state index in [2.05, 4.69) is 19.6 Å². The van der Waals surface area contributed by atoms with Crippen molar-refractivity contribution in [1.82, 2.24) is 10.1 Å². The number of hydrogen-bond acceptors (Lipinski definition) is 7. The zero-order chi connectivity index (χ0) is 27.1. The van der Waals surface area contributed by atoms with Crippen LogP contribution in [-0.2, 0) is 16.2 Å². The van der Waals surface area contributed by atoms with E-state index in [0.717, 1.165) is 12.1 Å². The number of benzene rings is 2. The first-order valence-corrected chi connectivity index (χ1v) is 10.6. The van der Waals surface area contributed by atoms with Gasteiger partial charge >= 0.3 is 18.7 Å². The van der Waals surface area contributed by atoms with E-state index < -0.39 is 74.6 Å². The predicted octanol–water partition coefficient (Wildman–Crippen LogP) is 4.91. The molecule has 0 unspecified atom stereocenters. The number of hydrogen-bond donors (Lipinski definition) is 1. The summed E-state index contributed by atoms with van der Waals surface area (Å²) < 4.78 is 151. The van der Waals surface area contributed by atoms with Crippen molar-refractivity contribution in [1.29, 1.82) is 0 Å². The molecule has 36 heavy (non-hydrogen) atoms. The monoisotopic (exact) mass is 551 g/mol. The van der Waals surface area contributed by atoms with Crippen LogP contribution in [0.3, 0.4) is 0 Å². The Morgan fingerprint density at radius 1 is 0.889 bits per heavy atom. The van der Waals surface area contributed by atoms with E-state index in [4.69, 9.17) is 9.66 Å². The van der Waals surface area contributed by atoms with Gasteiger partial charge in [-0.05, 0) is 36.4 Å². The van der Waals surface area contributed by atoms with Crippen LogP contribution in [0.25, 0.3) is 22.8 Å². The summed E-state index contributed by atoms with van der Waals surface area (Å²) in [5.41, 5.74) is -2.33. The van der Waals surface area contributed by atoms with Crippen molar-refractivity contribution in [3.63, 3.8) is 0 Å². The normalized spacial score (nSPS) is 13.1. The summed E-state index contributed by atoms with van der Waals surface area (Å²) in [6.45, 7) is -1.99.